The zero-order valence-electron chi connectivity index (χ0n) is 14.3. The Labute approximate surface area is 158 Å². The molecule has 1 heterocycles. The van der Waals surface area contributed by atoms with Gasteiger partial charge in [0.25, 0.3) is 0 Å². The van der Waals surface area contributed by atoms with Gasteiger partial charge in [-0.2, -0.15) is 0 Å². The Morgan fingerprint density at radius 3 is 2.75 bits per heavy atom. The molecule has 4 unspecified atom stereocenters. The average Bonchev–Trinajstić information content (AvgIpc) is 2.54. The predicted octanol–water partition coefficient (Wildman–Crippen LogP) is 3.58. The molecule has 6 heteroatoms. The van der Waals surface area contributed by atoms with E-state index in [2.05, 4.69) is 21.2 Å². The summed E-state index contributed by atoms with van der Waals surface area (Å²) in [7, 11) is 0. The Balaban J connectivity index is 0.00000208. The van der Waals surface area contributed by atoms with Gasteiger partial charge in [-0.3, -0.25) is 4.79 Å². The molecule has 2 aliphatic rings. The van der Waals surface area contributed by atoms with Gasteiger partial charge in [-0.25, -0.2) is 0 Å². The van der Waals surface area contributed by atoms with Gasteiger partial charge in [-0.15, -0.1) is 12.4 Å². The van der Waals surface area contributed by atoms with Gasteiger partial charge in [0.2, 0.25) is 5.91 Å². The highest BCUT2D eigenvalue weighted by Crippen LogP contribution is 2.57. The van der Waals surface area contributed by atoms with Crippen LogP contribution in [0.15, 0.2) is 28.7 Å². The molecule has 0 spiro atoms. The van der Waals surface area contributed by atoms with Crippen LogP contribution in [0, 0.1) is 11.3 Å². The van der Waals surface area contributed by atoms with Crippen LogP contribution in [-0.2, 0) is 9.53 Å². The second-order valence-electron chi connectivity index (χ2n) is 7.35. The van der Waals surface area contributed by atoms with Crippen LogP contribution in [0.4, 0.5) is 0 Å². The summed E-state index contributed by atoms with van der Waals surface area (Å²) in [5, 5.41) is 3.12. The third-order valence-electron chi connectivity index (χ3n) is 5.78. The number of carbonyl (C=O) groups is 1. The molecule has 1 aliphatic carbocycles. The molecular weight excluding hydrogens is 392 g/mol. The van der Waals surface area contributed by atoms with Crippen molar-refractivity contribution in [3.63, 3.8) is 0 Å². The van der Waals surface area contributed by atoms with Crippen LogP contribution < -0.4 is 11.1 Å². The van der Waals surface area contributed by atoms with E-state index < -0.39 is 5.54 Å². The molecule has 1 aliphatic heterocycles. The maximum atomic E-state index is 13.0. The Hall–Kier alpha value is -0.620. The fourth-order valence-corrected chi connectivity index (χ4v) is 4.89. The number of hydrogen-bond acceptors (Lipinski definition) is 3. The van der Waals surface area contributed by atoms with E-state index in [0.717, 1.165) is 29.5 Å². The SMILES string of the molecule is CC(NC(=O)C1(N)C2CCCOC2C1(C)C)c1ccccc1Br.Cl. The number of fused-ring (bicyclic) bond motifs is 1. The van der Waals surface area contributed by atoms with Crippen LogP contribution in [0.1, 0.15) is 45.2 Å². The van der Waals surface area contributed by atoms with Crippen molar-refractivity contribution in [2.24, 2.45) is 17.1 Å². The number of amides is 1. The molecule has 134 valence electrons. The lowest BCUT2D eigenvalue weighted by Crippen LogP contribution is -2.82. The van der Waals surface area contributed by atoms with Gasteiger partial charge >= 0.3 is 0 Å². The third-order valence-corrected chi connectivity index (χ3v) is 6.50. The first-order chi connectivity index (χ1) is 10.8. The summed E-state index contributed by atoms with van der Waals surface area (Å²) >= 11 is 3.54. The van der Waals surface area contributed by atoms with E-state index in [9.17, 15) is 4.79 Å². The largest absolute Gasteiger partial charge is 0.377 e. The Kier molecular flexibility index (Phi) is 5.70. The topological polar surface area (TPSA) is 64.4 Å². The molecule has 3 N–H and O–H groups in total. The molecule has 0 radical (unpaired) electrons. The second kappa shape index (κ2) is 6.94. The minimum absolute atomic E-state index is 0. The van der Waals surface area contributed by atoms with Crippen molar-refractivity contribution >= 4 is 34.2 Å². The zero-order chi connectivity index (χ0) is 16.8. The molecule has 1 saturated heterocycles. The molecule has 1 amide bonds. The quantitative estimate of drug-likeness (QED) is 0.790. The Morgan fingerprint density at radius 1 is 1.42 bits per heavy atom. The lowest BCUT2D eigenvalue weighted by molar-refractivity contribution is -0.225. The normalized spacial score (nSPS) is 31.9. The van der Waals surface area contributed by atoms with Crippen LogP contribution in [0.3, 0.4) is 0 Å². The van der Waals surface area contributed by atoms with E-state index in [0.29, 0.717) is 0 Å². The van der Waals surface area contributed by atoms with Gasteiger partial charge in [0.15, 0.2) is 0 Å². The van der Waals surface area contributed by atoms with Crippen LogP contribution >= 0.6 is 28.3 Å². The highest BCUT2D eigenvalue weighted by Gasteiger charge is 2.70. The van der Waals surface area contributed by atoms with Crippen molar-refractivity contribution in [3.05, 3.63) is 34.3 Å². The molecule has 1 aromatic rings. The summed E-state index contributed by atoms with van der Waals surface area (Å²) in [5.74, 6) is 0.0372. The molecule has 4 atom stereocenters. The van der Waals surface area contributed by atoms with Crippen LogP contribution in [-0.4, -0.2) is 24.2 Å². The van der Waals surface area contributed by atoms with E-state index in [-0.39, 0.29) is 41.8 Å². The molecular formula is C18H26BrClN2O2. The summed E-state index contributed by atoms with van der Waals surface area (Å²) in [6, 6.07) is 7.83. The first kappa shape index (κ1) is 19.7. The van der Waals surface area contributed by atoms with Crippen molar-refractivity contribution in [3.8, 4) is 0 Å². The second-order valence-corrected chi connectivity index (χ2v) is 8.20. The number of halogens is 2. The molecule has 0 aromatic heterocycles. The first-order valence-corrected chi connectivity index (χ1v) is 9.05. The van der Waals surface area contributed by atoms with E-state index in [1.165, 1.54) is 0 Å². The van der Waals surface area contributed by atoms with Gasteiger partial charge in [0.1, 0.15) is 5.54 Å². The van der Waals surface area contributed by atoms with Crippen molar-refractivity contribution in [2.45, 2.75) is 51.3 Å². The maximum Gasteiger partial charge on any atom is 0.241 e. The van der Waals surface area contributed by atoms with Gasteiger partial charge in [-0.05, 0) is 31.4 Å². The summed E-state index contributed by atoms with van der Waals surface area (Å²) in [6.07, 6.45) is 2.02. The zero-order valence-corrected chi connectivity index (χ0v) is 16.7. The number of hydrogen-bond donors (Lipinski definition) is 2. The lowest BCUT2D eigenvalue weighted by Gasteiger charge is -2.65. The van der Waals surface area contributed by atoms with E-state index in [1.807, 2.05) is 45.0 Å². The van der Waals surface area contributed by atoms with Gasteiger partial charge in [0.05, 0.1) is 12.1 Å². The molecule has 1 aromatic carbocycles. The van der Waals surface area contributed by atoms with Gasteiger partial charge in [0, 0.05) is 22.4 Å². The molecule has 0 bridgehead atoms. The standard InChI is InChI=1S/C18H25BrN2O2.ClH/c1-11(12-7-4-5-9-14(12)19)21-16(22)18(20)13-8-6-10-23-15(13)17(18,2)3;/h4-5,7,9,11,13,15H,6,8,10,20H2,1-3H3,(H,21,22);1H. The third kappa shape index (κ3) is 2.79. The van der Waals surface area contributed by atoms with E-state index >= 15 is 0 Å². The number of rotatable bonds is 3. The van der Waals surface area contributed by atoms with Crippen molar-refractivity contribution < 1.29 is 9.53 Å². The molecule has 4 nitrogen and oxygen atoms in total. The monoisotopic (exact) mass is 416 g/mol. The number of carbonyl (C=O) groups excluding carboxylic acids is 1. The average molecular weight is 418 g/mol. The first-order valence-electron chi connectivity index (χ1n) is 8.26. The summed E-state index contributed by atoms with van der Waals surface area (Å²) in [4.78, 5) is 13.0. The maximum absolute atomic E-state index is 13.0. The smallest absolute Gasteiger partial charge is 0.241 e. The lowest BCUT2D eigenvalue weighted by atomic mass is 9.46. The van der Waals surface area contributed by atoms with Crippen LogP contribution in [0.25, 0.3) is 0 Å². The fourth-order valence-electron chi connectivity index (χ4n) is 4.26. The predicted molar refractivity (Wildman–Crippen MR) is 101 cm³/mol. The number of ether oxygens (including phenoxy) is 1. The van der Waals surface area contributed by atoms with Gasteiger partial charge < -0.3 is 15.8 Å². The summed E-state index contributed by atoms with van der Waals surface area (Å²) < 4.78 is 6.87. The van der Waals surface area contributed by atoms with Crippen molar-refractivity contribution in [2.75, 3.05) is 6.61 Å². The Morgan fingerprint density at radius 2 is 2.08 bits per heavy atom. The minimum atomic E-state index is -0.867. The van der Waals surface area contributed by atoms with Crippen LogP contribution in [0.5, 0.6) is 0 Å². The fraction of sp³-hybridized carbons (Fsp3) is 0.611. The summed E-state index contributed by atoms with van der Waals surface area (Å²) in [5.41, 5.74) is 6.47. The number of benzene rings is 1. The van der Waals surface area contributed by atoms with Gasteiger partial charge in [-0.1, -0.05) is 48.0 Å². The number of nitrogens with one attached hydrogen (secondary N) is 1. The molecule has 1 saturated carbocycles. The molecule has 3 rings (SSSR count). The molecule has 24 heavy (non-hydrogen) atoms. The highest BCUT2D eigenvalue weighted by molar-refractivity contribution is 9.10. The number of nitrogens with two attached hydrogens (primary N) is 1. The Bertz CT molecular complexity index is 625. The summed E-state index contributed by atoms with van der Waals surface area (Å²) in [6.45, 7) is 6.85. The van der Waals surface area contributed by atoms with E-state index in [1.54, 1.807) is 0 Å². The van der Waals surface area contributed by atoms with Crippen molar-refractivity contribution in [1.82, 2.24) is 5.32 Å². The van der Waals surface area contributed by atoms with Crippen LogP contribution in [0.2, 0.25) is 0 Å². The van der Waals surface area contributed by atoms with E-state index in [4.69, 9.17) is 10.5 Å². The molecule has 2 fully saturated rings. The minimum Gasteiger partial charge on any atom is -0.377 e. The highest BCUT2D eigenvalue weighted by atomic mass is 79.9. The van der Waals surface area contributed by atoms with Crippen molar-refractivity contribution in [1.29, 1.82) is 0 Å².